The molecular weight excluding hydrogens is 282 g/mol. The summed E-state index contributed by atoms with van der Waals surface area (Å²) in [6, 6.07) is 8.07. The molecule has 3 nitrogen and oxygen atoms in total. The number of methoxy groups -OCH3 is 1. The Morgan fingerprint density at radius 2 is 2.06 bits per heavy atom. The second-order valence-corrected chi connectivity index (χ2v) is 5.24. The molecule has 0 heterocycles. The number of hydrogen-bond acceptors (Lipinski definition) is 3. The average molecular weight is 300 g/mol. The minimum atomic E-state index is -0.643. The van der Waals surface area contributed by atoms with Gasteiger partial charge in [0.25, 0.3) is 0 Å². The molecule has 0 atom stereocenters. The molecule has 1 N–H and O–H groups in total. The SMILES string of the molecule is COC(=O)C(C)(C)NCCc1ccccc1Br. The van der Waals surface area contributed by atoms with E-state index in [1.54, 1.807) is 0 Å². The standard InChI is InChI=1S/C13H18BrNO2/c1-13(2,12(16)17-3)15-9-8-10-6-4-5-7-11(10)14/h4-7,15H,8-9H2,1-3H3. The normalized spacial score (nSPS) is 11.3. The summed E-state index contributed by atoms with van der Waals surface area (Å²) in [4.78, 5) is 11.4. The van der Waals surface area contributed by atoms with E-state index >= 15 is 0 Å². The third-order valence-electron chi connectivity index (χ3n) is 2.61. The summed E-state index contributed by atoms with van der Waals surface area (Å²) < 4.78 is 5.83. The molecule has 0 aliphatic rings. The van der Waals surface area contributed by atoms with Crippen molar-refractivity contribution < 1.29 is 9.53 Å². The van der Waals surface area contributed by atoms with E-state index in [0.29, 0.717) is 0 Å². The van der Waals surface area contributed by atoms with E-state index in [-0.39, 0.29) is 5.97 Å². The summed E-state index contributed by atoms with van der Waals surface area (Å²) in [7, 11) is 1.40. The molecule has 1 rings (SSSR count). The van der Waals surface area contributed by atoms with E-state index in [4.69, 9.17) is 4.74 Å². The number of ether oxygens (including phenoxy) is 1. The molecule has 0 saturated carbocycles. The van der Waals surface area contributed by atoms with Crippen molar-refractivity contribution in [2.45, 2.75) is 25.8 Å². The minimum absolute atomic E-state index is 0.246. The highest BCUT2D eigenvalue weighted by Gasteiger charge is 2.27. The topological polar surface area (TPSA) is 38.3 Å². The average Bonchev–Trinajstić information content (AvgIpc) is 2.30. The van der Waals surface area contributed by atoms with Crippen LogP contribution in [-0.2, 0) is 16.0 Å². The van der Waals surface area contributed by atoms with Crippen molar-refractivity contribution in [1.82, 2.24) is 5.32 Å². The number of hydrogen-bond donors (Lipinski definition) is 1. The van der Waals surface area contributed by atoms with Crippen LogP contribution in [0.3, 0.4) is 0 Å². The predicted molar refractivity (Wildman–Crippen MR) is 71.9 cm³/mol. The maximum atomic E-state index is 11.4. The summed E-state index contributed by atoms with van der Waals surface area (Å²) >= 11 is 3.50. The smallest absolute Gasteiger partial charge is 0.325 e. The fourth-order valence-corrected chi connectivity index (χ4v) is 2.02. The monoisotopic (exact) mass is 299 g/mol. The number of carbonyl (C=O) groups excluding carboxylic acids is 1. The van der Waals surface area contributed by atoms with Crippen molar-refractivity contribution in [1.29, 1.82) is 0 Å². The summed E-state index contributed by atoms with van der Waals surface area (Å²) in [5.74, 6) is -0.246. The van der Waals surface area contributed by atoms with E-state index in [1.807, 2.05) is 32.0 Å². The fraction of sp³-hybridized carbons (Fsp3) is 0.462. The summed E-state index contributed by atoms with van der Waals surface area (Å²) in [6.07, 6.45) is 0.863. The second-order valence-electron chi connectivity index (χ2n) is 4.38. The van der Waals surface area contributed by atoms with E-state index in [2.05, 4.69) is 27.3 Å². The van der Waals surface area contributed by atoms with Gasteiger partial charge in [0.1, 0.15) is 5.54 Å². The van der Waals surface area contributed by atoms with Crippen LogP contribution in [0.1, 0.15) is 19.4 Å². The lowest BCUT2D eigenvalue weighted by Crippen LogP contribution is -2.48. The lowest BCUT2D eigenvalue weighted by atomic mass is 10.1. The Hall–Kier alpha value is -0.870. The van der Waals surface area contributed by atoms with Gasteiger partial charge in [0.15, 0.2) is 0 Å². The van der Waals surface area contributed by atoms with Gasteiger partial charge < -0.3 is 10.1 Å². The molecule has 0 spiro atoms. The molecule has 0 amide bonds. The van der Waals surface area contributed by atoms with Crippen LogP contribution in [0.25, 0.3) is 0 Å². The highest BCUT2D eigenvalue weighted by molar-refractivity contribution is 9.10. The Balaban J connectivity index is 2.48. The van der Waals surface area contributed by atoms with Crippen LogP contribution < -0.4 is 5.32 Å². The number of carbonyl (C=O) groups is 1. The highest BCUT2D eigenvalue weighted by atomic mass is 79.9. The first-order valence-electron chi connectivity index (χ1n) is 5.54. The van der Waals surface area contributed by atoms with E-state index in [9.17, 15) is 4.79 Å². The first-order valence-corrected chi connectivity index (χ1v) is 6.33. The van der Waals surface area contributed by atoms with Crippen molar-refractivity contribution >= 4 is 21.9 Å². The molecule has 0 bridgehead atoms. The molecule has 0 aliphatic carbocycles. The Morgan fingerprint density at radius 3 is 2.65 bits per heavy atom. The molecule has 0 fully saturated rings. The zero-order chi connectivity index (χ0) is 12.9. The largest absolute Gasteiger partial charge is 0.468 e. The van der Waals surface area contributed by atoms with E-state index < -0.39 is 5.54 Å². The summed E-state index contributed by atoms with van der Waals surface area (Å²) in [6.45, 7) is 4.36. The quantitative estimate of drug-likeness (QED) is 0.849. The fourth-order valence-electron chi connectivity index (χ4n) is 1.54. The van der Waals surface area contributed by atoms with Gasteiger partial charge in [-0.25, -0.2) is 0 Å². The zero-order valence-electron chi connectivity index (χ0n) is 10.4. The number of nitrogens with one attached hydrogen (secondary N) is 1. The first kappa shape index (κ1) is 14.2. The van der Waals surface area contributed by atoms with Gasteiger partial charge in [-0.15, -0.1) is 0 Å². The Morgan fingerprint density at radius 1 is 1.41 bits per heavy atom. The van der Waals surface area contributed by atoms with Crippen LogP contribution >= 0.6 is 15.9 Å². The van der Waals surface area contributed by atoms with Gasteiger partial charge >= 0.3 is 5.97 Å². The number of rotatable bonds is 5. The highest BCUT2D eigenvalue weighted by Crippen LogP contribution is 2.16. The molecule has 1 aromatic rings. The van der Waals surface area contributed by atoms with Crippen LogP contribution in [0.5, 0.6) is 0 Å². The maximum absolute atomic E-state index is 11.4. The van der Waals surface area contributed by atoms with Crippen molar-refractivity contribution in [3.8, 4) is 0 Å². The van der Waals surface area contributed by atoms with Gasteiger partial charge in [-0.1, -0.05) is 34.1 Å². The van der Waals surface area contributed by atoms with Crippen LogP contribution in [0.2, 0.25) is 0 Å². The molecule has 0 unspecified atom stereocenters. The van der Waals surface area contributed by atoms with Gasteiger partial charge in [0.2, 0.25) is 0 Å². The van der Waals surface area contributed by atoms with Crippen molar-refractivity contribution in [3.63, 3.8) is 0 Å². The Kier molecular flexibility index (Phi) is 5.15. The third-order valence-corrected chi connectivity index (χ3v) is 3.39. The number of halogens is 1. The van der Waals surface area contributed by atoms with Crippen molar-refractivity contribution in [2.75, 3.05) is 13.7 Å². The molecular formula is C13H18BrNO2. The molecule has 17 heavy (non-hydrogen) atoms. The van der Waals surface area contributed by atoms with E-state index in [0.717, 1.165) is 17.4 Å². The van der Waals surface area contributed by atoms with Crippen molar-refractivity contribution in [3.05, 3.63) is 34.3 Å². The number of esters is 1. The van der Waals surface area contributed by atoms with Crippen molar-refractivity contribution in [2.24, 2.45) is 0 Å². The van der Waals surface area contributed by atoms with Gasteiger partial charge in [-0.3, -0.25) is 4.79 Å². The molecule has 94 valence electrons. The van der Waals surface area contributed by atoms with Crippen LogP contribution in [-0.4, -0.2) is 25.2 Å². The lowest BCUT2D eigenvalue weighted by molar-refractivity contribution is -0.147. The zero-order valence-corrected chi connectivity index (χ0v) is 12.0. The minimum Gasteiger partial charge on any atom is -0.468 e. The molecule has 0 radical (unpaired) electrons. The van der Waals surface area contributed by atoms with Gasteiger partial charge in [0, 0.05) is 11.0 Å². The Bertz CT molecular complexity index is 391. The Labute approximate surface area is 111 Å². The molecule has 0 aliphatic heterocycles. The van der Waals surface area contributed by atoms with Crippen LogP contribution in [0, 0.1) is 0 Å². The molecule has 0 saturated heterocycles. The molecule has 0 aromatic heterocycles. The van der Waals surface area contributed by atoms with E-state index in [1.165, 1.54) is 12.7 Å². The number of benzene rings is 1. The predicted octanol–water partition coefficient (Wildman–Crippen LogP) is 2.53. The first-order chi connectivity index (χ1) is 7.97. The third kappa shape index (κ3) is 4.13. The molecule has 4 heteroatoms. The van der Waals surface area contributed by atoms with Crippen LogP contribution in [0.4, 0.5) is 0 Å². The second kappa shape index (κ2) is 6.17. The van der Waals surface area contributed by atoms with Gasteiger partial charge in [-0.05, 0) is 31.9 Å². The summed E-state index contributed by atoms with van der Waals surface area (Å²) in [5, 5.41) is 3.19. The van der Waals surface area contributed by atoms with Crippen LogP contribution in [0.15, 0.2) is 28.7 Å². The lowest BCUT2D eigenvalue weighted by Gasteiger charge is -2.23. The van der Waals surface area contributed by atoms with Gasteiger partial charge in [0.05, 0.1) is 7.11 Å². The maximum Gasteiger partial charge on any atom is 0.325 e. The summed E-state index contributed by atoms with van der Waals surface area (Å²) in [5.41, 5.74) is 0.580. The molecule has 1 aromatic carbocycles. The van der Waals surface area contributed by atoms with Gasteiger partial charge in [-0.2, -0.15) is 0 Å².